The summed E-state index contributed by atoms with van der Waals surface area (Å²) in [4.78, 5) is 8.48. The summed E-state index contributed by atoms with van der Waals surface area (Å²) in [7, 11) is 0. The minimum Gasteiger partial charge on any atom is -0.360 e. The van der Waals surface area contributed by atoms with Gasteiger partial charge in [-0.05, 0) is 31.2 Å². The lowest BCUT2D eigenvalue weighted by molar-refractivity contribution is 0.835. The number of hydrogen-bond donors (Lipinski definition) is 1. The van der Waals surface area contributed by atoms with E-state index in [9.17, 15) is 0 Å². The van der Waals surface area contributed by atoms with Crippen LogP contribution in [-0.2, 0) is 0 Å². The maximum Gasteiger partial charge on any atom is 0.206 e. The van der Waals surface area contributed by atoms with Gasteiger partial charge in [0.1, 0.15) is 0 Å². The zero-order valence-corrected chi connectivity index (χ0v) is 15.9. The molecule has 0 aliphatic carbocycles. The predicted octanol–water partition coefficient (Wildman–Crippen LogP) is 5.21. The number of hydrogen-bond acceptors (Lipinski definition) is 3. The average molecular weight is 391 g/mol. The number of thiazole rings is 1. The van der Waals surface area contributed by atoms with Crippen molar-refractivity contribution in [3.8, 4) is 11.3 Å². The zero-order valence-electron chi connectivity index (χ0n) is 13.5. The Bertz CT molecular complexity index is 981. The Balaban J connectivity index is 2.09. The van der Waals surface area contributed by atoms with E-state index >= 15 is 0 Å². The van der Waals surface area contributed by atoms with Crippen molar-refractivity contribution in [1.29, 1.82) is 0 Å². The van der Waals surface area contributed by atoms with Gasteiger partial charge in [0.15, 0.2) is 0 Å². The molecule has 2 aromatic heterocycles. The van der Waals surface area contributed by atoms with Crippen LogP contribution >= 0.6 is 34.5 Å². The normalized spacial score (nSPS) is 12.2. The third-order valence-corrected chi connectivity index (χ3v) is 4.91. The second-order valence-corrected chi connectivity index (χ2v) is 7.14. The number of rotatable bonds is 5. The zero-order chi connectivity index (χ0) is 17.8. The number of nitrogens with zero attached hydrogens (tertiary/aromatic N) is 3. The van der Waals surface area contributed by atoms with E-state index in [2.05, 4.69) is 21.7 Å². The highest BCUT2D eigenvalue weighted by molar-refractivity contribution is 7.07. The Morgan fingerprint density at radius 2 is 2.16 bits per heavy atom. The molecule has 0 radical (unpaired) electrons. The topological polar surface area (TPSA) is 45.4 Å². The molecule has 0 saturated carbocycles. The fourth-order valence-electron chi connectivity index (χ4n) is 2.12. The van der Waals surface area contributed by atoms with Crippen LogP contribution in [0.4, 0.5) is 0 Å². The van der Waals surface area contributed by atoms with Gasteiger partial charge in [0.05, 0.1) is 34.2 Å². The van der Waals surface area contributed by atoms with Crippen molar-refractivity contribution in [2.45, 2.75) is 6.92 Å². The molecule has 7 heteroatoms. The Hall–Kier alpha value is -2.08. The van der Waals surface area contributed by atoms with E-state index in [1.54, 1.807) is 17.0 Å². The Morgan fingerprint density at radius 1 is 1.32 bits per heavy atom. The van der Waals surface area contributed by atoms with E-state index < -0.39 is 0 Å². The standard InChI is InChI=1S/C18H16Cl2N4S/c1-12(2)9-22-18-24(23-10-14-4-3-7-21-14)17(11-25-18)13-5-6-15(19)16(20)8-13/h3-8,10-11,21H,1,9H2,2H3. The van der Waals surface area contributed by atoms with Gasteiger partial charge in [0.2, 0.25) is 4.80 Å². The lowest BCUT2D eigenvalue weighted by Gasteiger charge is -2.05. The highest BCUT2D eigenvalue weighted by Crippen LogP contribution is 2.28. The van der Waals surface area contributed by atoms with Gasteiger partial charge in [0, 0.05) is 17.1 Å². The smallest absolute Gasteiger partial charge is 0.206 e. The monoisotopic (exact) mass is 390 g/mol. The molecule has 3 rings (SSSR count). The van der Waals surface area contributed by atoms with Crippen molar-refractivity contribution in [3.05, 3.63) is 74.6 Å². The fraction of sp³-hybridized carbons (Fsp3) is 0.111. The van der Waals surface area contributed by atoms with Gasteiger partial charge in [-0.1, -0.05) is 41.4 Å². The first-order chi connectivity index (χ1) is 12.0. The molecule has 0 unspecified atom stereocenters. The molecule has 0 aliphatic heterocycles. The highest BCUT2D eigenvalue weighted by atomic mass is 35.5. The van der Waals surface area contributed by atoms with Crippen LogP contribution in [0.2, 0.25) is 10.0 Å². The van der Waals surface area contributed by atoms with Crippen molar-refractivity contribution in [2.24, 2.45) is 10.1 Å². The SMILES string of the molecule is C=C(C)CN=c1scc(-c2ccc(Cl)c(Cl)c2)n1N=Cc1ccc[nH]1. The van der Waals surface area contributed by atoms with Gasteiger partial charge >= 0.3 is 0 Å². The van der Waals surface area contributed by atoms with Crippen LogP contribution < -0.4 is 4.80 Å². The summed E-state index contributed by atoms with van der Waals surface area (Å²) in [6, 6.07) is 9.39. The Labute approximate surface area is 159 Å². The molecular formula is C18H16Cl2N4S. The number of nitrogens with one attached hydrogen (secondary N) is 1. The summed E-state index contributed by atoms with van der Waals surface area (Å²) in [5.41, 5.74) is 3.71. The minimum atomic E-state index is 0.505. The Kier molecular flexibility index (Phi) is 5.58. The third kappa shape index (κ3) is 4.31. The molecule has 128 valence electrons. The number of benzene rings is 1. The highest BCUT2D eigenvalue weighted by Gasteiger charge is 2.09. The van der Waals surface area contributed by atoms with Crippen LogP contribution in [0.1, 0.15) is 12.6 Å². The van der Waals surface area contributed by atoms with E-state index in [0.717, 1.165) is 27.3 Å². The van der Waals surface area contributed by atoms with Crippen molar-refractivity contribution in [3.63, 3.8) is 0 Å². The quantitative estimate of drug-likeness (QED) is 0.459. The van der Waals surface area contributed by atoms with Crippen molar-refractivity contribution in [1.82, 2.24) is 9.66 Å². The first-order valence-corrected chi connectivity index (χ1v) is 9.17. The average Bonchev–Trinajstić information content (AvgIpc) is 3.22. The molecule has 4 nitrogen and oxygen atoms in total. The predicted molar refractivity (Wildman–Crippen MR) is 107 cm³/mol. The first-order valence-electron chi connectivity index (χ1n) is 7.53. The molecule has 0 amide bonds. The van der Waals surface area contributed by atoms with Gasteiger partial charge in [0.25, 0.3) is 0 Å². The lowest BCUT2D eigenvalue weighted by atomic mass is 10.2. The van der Waals surface area contributed by atoms with Crippen LogP contribution in [-0.4, -0.2) is 22.4 Å². The van der Waals surface area contributed by atoms with Gasteiger partial charge < -0.3 is 4.98 Å². The maximum absolute atomic E-state index is 6.17. The lowest BCUT2D eigenvalue weighted by Crippen LogP contribution is -2.13. The maximum atomic E-state index is 6.17. The van der Waals surface area contributed by atoms with E-state index in [1.807, 2.05) is 42.8 Å². The van der Waals surface area contributed by atoms with Crippen LogP contribution in [0, 0.1) is 0 Å². The second-order valence-electron chi connectivity index (χ2n) is 5.49. The van der Waals surface area contributed by atoms with E-state index in [0.29, 0.717) is 16.6 Å². The molecule has 3 aromatic rings. The summed E-state index contributed by atoms with van der Waals surface area (Å²) >= 11 is 13.7. The molecule has 0 atom stereocenters. The number of halogens is 2. The number of aromatic nitrogens is 2. The van der Waals surface area contributed by atoms with Crippen LogP contribution in [0.25, 0.3) is 11.3 Å². The van der Waals surface area contributed by atoms with Crippen LogP contribution in [0.5, 0.6) is 0 Å². The van der Waals surface area contributed by atoms with Crippen molar-refractivity contribution < 1.29 is 0 Å². The largest absolute Gasteiger partial charge is 0.360 e. The Morgan fingerprint density at radius 3 is 2.84 bits per heavy atom. The summed E-state index contributed by atoms with van der Waals surface area (Å²) < 4.78 is 1.80. The second kappa shape index (κ2) is 7.87. The van der Waals surface area contributed by atoms with Gasteiger partial charge in [-0.25, -0.2) is 4.68 Å². The van der Waals surface area contributed by atoms with E-state index in [4.69, 9.17) is 23.2 Å². The molecule has 0 aliphatic rings. The van der Waals surface area contributed by atoms with E-state index in [-0.39, 0.29) is 0 Å². The van der Waals surface area contributed by atoms with Crippen LogP contribution in [0.3, 0.4) is 0 Å². The molecule has 25 heavy (non-hydrogen) atoms. The fourth-order valence-corrected chi connectivity index (χ4v) is 3.26. The number of aromatic amines is 1. The summed E-state index contributed by atoms with van der Waals surface area (Å²) in [6.07, 6.45) is 3.61. The first kappa shape index (κ1) is 17.7. The molecule has 0 spiro atoms. The van der Waals surface area contributed by atoms with Crippen LogP contribution in [0.15, 0.2) is 64.2 Å². The molecule has 1 N–H and O–H groups in total. The molecule has 2 heterocycles. The van der Waals surface area contributed by atoms with Crippen molar-refractivity contribution >= 4 is 40.8 Å². The van der Waals surface area contributed by atoms with Gasteiger partial charge in [-0.15, -0.1) is 11.3 Å². The molecule has 0 fully saturated rings. The minimum absolute atomic E-state index is 0.505. The van der Waals surface area contributed by atoms with E-state index in [1.165, 1.54) is 11.3 Å². The third-order valence-electron chi connectivity index (χ3n) is 3.32. The molecule has 0 saturated heterocycles. The molecular weight excluding hydrogens is 375 g/mol. The summed E-state index contributed by atoms with van der Waals surface area (Å²) in [5, 5.41) is 7.62. The number of H-pyrrole nitrogens is 1. The summed E-state index contributed by atoms with van der Waals surface area (Å²) in [6.45, 7) is 6.40. The van der Waals surface area contributed by atoms with Gasteiger partial charge in [-0.2, -0.15) is 5.10 Å². The molecule has 1 aromatic carbocycles. The van der Waals surface area contributed by atoms with Gasteiger partial charge in [-0.3, -0.25) is 4.99 Å². The van der Waals surface area contributed by atoms with Crippen molar-refractivity contribution in [2.75, 3.05) is 6.54 Å². The summed E-state index contributed by atoms with van der Waals surface area (Å²) in [5.74, 6) is 0. The molecule has 0 bridgehead atoms.